The number of alkyl halides is 3. The van der Waals surface area contributed by atoms with Gasteiger partial charge in [-0.2, -0.15) is 18.3 Å². The Bertz CT molecular complexity index is 766. The summed E-state index contributed by atoms with van der Waals surface area (Å²) in [7, 11) is 0.998. The van der Waals surface area contributed by atoms with Crippen LogP contribution in [0.4, 0.5) is 17.6 Å². The second kappa shape index (κ2) is 4.87. The molecule has 0 saturated carbocycles. The van der Waals surface area contributed by atoms with Crippen molar-refractivity contribution in [2.24, 2.45) is 7.05 Å². The van der Waals surface area contributed by atoms with Gasteiger partial charge in [-0.3, -0.25) is 9.48 Å². The molecule has 1 aromatic carbocycles. The molecule has 1 aromatic heterocycles. The molecule has 0 spiro atoms. The monoisotopic (exact) mass is 302 g/mol. The van der Waals surface area contributed by atoms with Crippen molar-refractivity contribution in [2.75, 3.05) is 0 Å². The molecular formula is C13H10F4N2O2. The number of nitrogens with zero attached hydrogens (tertiary/aromatic N) is 2. The number of aryl methyl sites for hydroxylation is 2. The number of aromatic nitrogens is 2. The minimum atomic E-state index is -4.74. The summed E-state index contributed by atoms with van der Waals surface area (Å²) in [5.41, 5.74) is -2.94. The zero-order chi connectivity index (χ0) is 15.9. The molecule has 1 N–H and O–H groups in total. The normalized spacial score (nSPS) is 11.7. The summed E-state index contributed by atoms with van der Waals surface area (Å²) in [6, 6.07) is 2.28. The van der Waals surface area contributed by atoms with E-state index in [1.54, 1.807) is 0 Å². The van der Waals surface area contributed by atoms with Crippen LogP contribution in [0.5, 0.6) is 5.75 Å². The Balaban J connectivity index is 2.70. The van der Waals surface area contributed by atoms with Crippen molar-refractivity contribution in [1.82, 2.24) is 9.78 Å². The Morgan fingerprint density at radius 2 is 1.86 bits per heavy atom. The first-order valence-corrected chi connectivity index (χ1v) is 5.76. The summed E-state index contributed by atoms with van der Waals surface area (Å²) in [4.78, 5) is 11.8. The van der Waals surface area contributed by atoms with Gasteiger partial charge in [-0.05, 0) is 24.6 Å². The molecule has 8 heteroatoms. The van der Waals surface area contributed by atoms with Gasteiger partial charge in [-0.1, -0.05) is 0 Å². The molecule has 0 radical (unpaired) electrons. The van der Waals surface area contributed by atoms with E-state index in [0.29, 0.717) is 10.7 Å². The molecule has 0 fully saturated rings. The number of halogens is 4. The molecular weight excluding hydrogens is 292 g/mol. The first-order chi connectivity index (χ1) is 9.61. The average Bonchev–Trinajstić information content (AvgIpc) is 2.35. The third-order valence-corrected chi connectivity index (χ3v) is 2.93. The van der Waals surface area contributed by atoms with Crippen LogP contribution >= 0.6 is 0 Å². The zero-order valence-electron chi connectivity index (χ0n) is 11.0. The van der Waals surface area contributed by atoms with Crippen molar-refractivity contribution < 1.29 is 22.7 Å². The maximum Gasteiger partial charge on any atom is 0.433 e. The molecule has 0 atom stereocenters. The quantitative estimate of drug-likeness (QED) is 0.824. The molecule has 0 amide bonds. The summed E-state index contributed by atoms with van der Waals surface area (Å²) < 4.78 is 52.2. The lowest BCUT2D eigenvalue weighted by atomic mass is 10.1. The van der Waals surface area contributed by atoms with Crippen molar-refractivity contribution in [3.63, 3.8) is 0 Å². The molecule has 0 aliphatic carbocycles. The van der Waals surface area contributed by atoms with Gasteiger partial charge < -0.3 is 5.11 Å². The Morgan fingerprint density at radius 3 is 2.43 bits per heavy atom. The average molecular weight is 302 g/mol. The zero-order valence-corrected chi connectivity index (χ0v) is 11.0. The van der Waals surface area contributed by atoms with Crippen LogP contribution in [0.3, 0.4) is 0 Å². The van der Waals surface area contributed by atoms with Crippen LogP contribution in [0.1, 0.15) is 11.3 Å². The number of phenolic OH excluding ortho intramolecular Hbond substituents is 1. The van der Waals surface area contributed by atoms with Crippen molar-refractivity contribution in [3.8, 4) is 17.0 Å². The van der Waals surface area contributed by atoms with Crippen LogP contribution in [-0.2, 0) is 13.2 Å². The lowest BCUT2D eigenvalue weighted by Crippen LogP contribution is -2.22. The Morgan fingerprint density at radius 1 is 1.24 bits per heavy atom. The van der Waals surface area contributed by atoms with Crippen molar-refractivity contribution in [1.29, 1.82) is 0 Å². The molecule has 4 nitrogen and oxygen atoms in total. The van der Waals surface area contributed by atoms with E-state index in [4.69, 9.17) is 0 Å². The molecule has 112 valence electrons. The third kappa shape index (κ3) is 2.74. The third-order valence-electron chi connectivity index (χ3n) is 2.93. The molecule has 0 aliphatic heterocycles. The highest BCUT2D eigenvalue weighted by Gasteiger charge is 2.34. The minimum absolute atomic E-state index is 0.236. The summed E-state index contributed by atoms with van der Waals surface area (Å²) in [5, 5.41) is 13.0. The second-order valence-corrected chi connectivity index (χ2v) is 4.48. The standard InChI is InChI=1S/C13H10F4N2O2/c1-6-3-8(14)7(4-9(6)20)12-10(21)5-11(13(15,16)17)19(2)18-12/h3-5,20H,1-2H3. The maximum atomic E-state index is 13.8. The lowest BCUT2D eigenvalue weighted by molar-refractivity contribution is -0.144. The Hall–Kier alpha value is -2.38. The lowest BCUT2D eigenvalue weighted by Gasteiger charge is -2.12. The van der Waals surface area contributed by atoms with Gasteiger partial charge in [0.25, 0.3) is 0 Å². The van der Waals surface area contributed by atoms with Gasteiger partial charge in [-0.15, -0.1) is 0 Å². The molecule has 0 bridgehead atoms. The van der Waals surface area contributed by atoms with Crippen LogP contribution < -0.4 is 5.43 Å². The number of aromatic hydroxyl groups is 1. The summed E-state index contributed by atoms with van der Waals surface area (Å²) >= 11 is 0. The number of phenols is 1. The summed E-state index contributed by atoms with van der Waals surface area (Å²) in [6.45, 7) is 1.44. The van der Waals surface area contributed by atoms with Crippen molar-refractivity contribution >= 4 is 0 Å². The van der Waals surface area contributed by atoms with Crippen LogP contribution in [0.2, 0.25) is 0 Å². The smallest absolute Gasteiger partial charge is 0.433 e. The van der Waals surface area contributed by atoms with Gasteiger partial charge in [0.05, 0.1) is 0 Å². The van der Waals surface area contributed by atoms with Gasteiger partial charge in [-0.25, -0.2) is 4.39 Å². The van der Waals surface area contributed by atoms with E-state index in [1.165, 1.54) is 6.92 Å². The highest BCUT2D eigenvalue weighted by molar-refractivity contribution is 5.62. The Labute approximate surface area is 116 Å². The van der Waals surface area contributed by atoms with Gasteiger partial charge in [0.15, 0.2) is 0 Å². The summed E-state index contributed by atoms with van der Waals surface area (Å²) in [6.07, 6.45) is -4.74. The van der Waals surface area contributed by atoms with E-state index < -0.39 is 28.8 Å². The van der Waals surface area contributed by atoms with Crippen LogP contribution in [0, 0.1) is 12.7 Å². The number of benzene rings is 1. The van der Waals surface area contributed by atoms with Gasteiger partial charge in [0.2, 0.25) is 5.43 Å². The topological polar surface area (TPSA) is 55.1 Å². The molecule has 1 heterocycles. The second-order valence-electron chi connectivity index (χ2n) is 4.48. The van der Waals surface area contributed by atoms with Gasteiger partial charge in [0.1, 0.15) is 23.0 Å². The van der Waals surface area contributed by atoms with Crippen LogP contribution in [-0.4, -0.2) is 14.9 Å². The molecule has 0 saturated heterocycles. The predicted molar refractivity (Wildman–Crippen MR) is 66.3 cm³/mol. The van der Waals surface area contributed by atoms with Gasteiger partial charge >= 0.3 is 6.18 Å². The van der Waals surface area contributed by atoms with E-state index >= 15 is 0 Å². The predicted octanol–water partition coefficient (Wildman–Crippen LogP) is 2.62. The highest BCUT2D eigenvalue weighted by Crippen LogP contribution is 2.30. The summed E-state index contributed by atoms with van der Waals surface area (Å²) in [5.74, 6) is -1.13. The van der Waals surface area contributed by atoms with Crippen LogP contribution in [0.15, 0.2) is 23.0 Å². The van der Waals surface area contributed by atoms with Crippen molar-refractivity contribution in [3.05, 3.63) is 45.5 Å². The molecule has 0 unspecified atom stereocenters. The number of hydrogen-bond donors (Lipinski definition) is 1. The fourth-order valence-corrected chi connectivity index (χ4v) is 1.83. The van der Waals surface area contributed by atoms with E-state index in [2.05, 4.69) is 5.10 Å². The fraction of sp³-hybridized carbons (Fsp3) is 0.231. The Kier molecular flexibility index (Phi) is 3.48. The van der Waals surface area contributed by atoms with Crippen molar-refractivity contribution in [2.45, 2.75) is 13.1 Å². The minimum Gasteiger partial charge on any atom is -0.508 e. The molecule has 21 heavy (non-hydrogen) atoms. The first-order valence-electron chi connectivity index (χ1n) is 5.76. The fourth-order valence-electron chi connectivity index (χ4n) is 1.83. The molecule has 2 aromatic rings. The highest BCUT2D eigenvalue weighted by atomic mass is 19.4. The first kappa shape index (κ1) is 15.0. The maximum absolute atomic E-state index is 13.8. The van der Waals surface area contributed by atoms with Gasteiger partial charge in [0, 0.05) is 18.7 Å². The molecule has 2 rings (SSSR count). The van der Waals surface area contributed by atoms with E-state index in [1.807, 2.05) is 0 Å². The van der Waals surface area contributed by atoms with E-state index in [-0.39, 0.29) is 16.9 Å². The number of hydrogen-bond acceptors (Lipinski definition) is 3. The number of rotatable bonds is 1. The largest absolute Gasteiger partial charge is 0.508 e. The van der Waals surface area contributed by atoms with E-state index in [0.717, 1.165) is 19.2 Å². The SMILES string of the molecule is Cc1cc(F)c(-c2nn(C)c(C(F)(F)F)cc2=O)cc1O. The van der Waals surface area contributed by atoms with E-state index in [9.17, 15) is 27.5 Å². The molecule has 0 aliphatic rings. The van der Waals surface area contributed by atoms with Crippen LogP contribution in [0.25, 0.3) is 11.3 Å².